The van der Waals surface area contributed by atoms with Crippen molar-refractivity contribution >= 4 is 0 Å². The molecule has 0 atom stereocenters. The fourth-order valence-electron chi connectivity index (χ4n) is 2.00. The summed E-state index contributed by atoms with van der Waals surface area (Å²) in [7, 11) is 0. The van der Waals surface area contributed by atoms with Crippen LogP contribution in [0.3, 0.4) is 0 Å². The van der Waals surface area contributed by atoms with E-state index in [4.69, 9.17) is 15.0 Å². The van der Waals surface area contributed by atoms with Crippen LogP contribution >= 0.6 is 0 Å². The second kappa shape index (κ2) is 5.43. The van der Waals surface area contributed by atoms with Gasteiger partial charge in [-0.05, 0) is 19.9 Å². The van der Waals surface area contributed by atoms with Gasteiger partial charge in [0.25, 0.3) is 0 Å². The summed E-state index contributed by atoms with van der Waals surface area (Å²) >= 11 is 0. The zero-order valence-electron chi connectivity index (χ0n) is 9.74. The van der Waals surface area contributed by atoms with Gasteiger partial charge in [0.1, 0.15) is 11.5 Å². The van der Waals surface area contributed by atoms with Crippen LogP contribution in [0.25, 0.3) is 0 Å². The lowest BCUT2D eigenvalue weighted by Crippen LogP contribution is -2.36. The van der Waals surface area contributed by atoms with Crippen LogP contribution in [0, 0.1) is 6.92 Å². The normalized spacial score (nSPS) is 17.9. The molecule has 1 aromatic rings. The molecule has 0 saturated carbocycles. The van der Waals surface area contributed by atoms with E-state index in [1.54, 1.807) is 0 Å². The fourth-order valence-corrected chi connectivity index (χ4v) is 2.00. The van der Waals surface area contributed by atoms with Gasteiger partial charge in [0.05, 0.1) is 13.2 Å². The van der Waals surface area contributed by atoms with Crippen molar-refractivity contribution in [3.63, 3.8) is 0 Å². The Morgan fingerprint density at radius 1 is 1.38 bits per heavy atom. The molecule has 1 saturated heterocycles. The number of hydrogen-bond donors (Lipinski definition) is 1. The van der Waals surface area contributed by atoms with E-state index < -0.39 is 0 Å². The Bertz CT molecular complexity index is 332. The molecule has 1 aliphatic heterocycles. The summed E-state index contributed by atoms with van der Waals surface area (Å²) in [6.45, 7) is 6.98. The van der Waals surface area contributed by atoms with Crippen molar-refractivity contribution in [2.45, 2.75) is 19.9 Å². The number of morpholine rings is 1. The summed E-state index contributed by atoms with van der Waals surface area (Å²) in [5.74, 6) is 0.897. The van der Waals surface area contributed by atoms with Crippen LogP contribution in [-0.2, 0) is 17.7 Å². The molecule has 0 unspecified atom stereocenters. The summed E-state index contributed by atoms with van der Waals surface area (Å²) in [5.41, 5.74) is 7.79. The fraction of sp³-hybridized carbons (Fsp3) is 0.727. The molecule has 1 aromatic heterocycles. The van der Waals surface area contributed by atoms with E-state index >= 15 is 0 Å². The zero-order valence-corrected chi connectivity index (χ0v) is 9.74. The van der Waals surface area contributed by atoms with E-state index in [1.165, 1.54) is 5.56 Å². The maximum absolute atomic E-state index is 5.59. The molecular weight excluding hydrogens is 206 g/mol. The minimum Gasteiger partial charge on any atom is -0.379 e. The van der Waals surface area contributed by atoms with Gasteiger partial charge in [-0.1, -0.05) is 5.16 Å². The number of aryl methyl sites for hydroxylation is 1. The molecule has 0 spiro atoms. The standard InChI is InChI=1S/C11H19N3O2/c1-9-10(2-3-12)11(13-16-9)8-14-4-6-15-7-5-14/h2-8,12H2,1H3. The van der Waals surface area contributed by atoms with Crippen molar-refractivity contribution in [3.8, 4) is 0 Å². The molecule has 0 radical (unpaired) electrons. The van der Waals surface area contributed by atoms with Crippen molar-refractivity contribution < 1.29 is 9.26 Å². The lowest BCUT2D eigenvalue weighted by atomic mass is 10.1. The highest BCUT2D eigenvalue weighted by Gasteiger charge is 2.17. The van der Waals surface area contributed by atoms with Gasteiger partial charge in [-0.2, -0.15) is 0 Å². The Morgan fingerprint density at radius 2 is 2.12 bits per heavy atom. The predicted octanol–water partition coefficient (Wildman–Crippen LogP) is 0.316. The summed E-state index contributed by atoms with van der Waals surface area (Å²) in [4.78, 5) is 2.33. The van der Waals surface area contributed by atoms with Crippen molar-refractivity contribution in [3.05, 3.63) is 17.0 Å². The molecule has 2 rings (SSSR count). The average Bonchev–Trinajstić information content (AvgIpc) is 2.64. The van der Waals surface area contributed by atoms with Crippen LogP contribution in [0.5, 0.6) is 0 Å². The highest BCUT2D eigenvalue weighted by molar-refractivity contribution is 5.22. The summed E-state index contributed by atoms with van der Waals surface area (Å²) in [6, 6.07) is 0. The molecule has 1 aliphatic rings. The Kier molecular flexibility index (Phi) is 3.93. The van der Waals surface area contributed by atoms with Gasteiger partial charge < -0.3 is 15.0 Å². The van der Waals surface area contributed by atoms with Gasteiger partial charge in [0, 0.05) is 25.2 Å². The van der Waals surface area contributed by atoms with Gasteiger partial charge in [0.2, 0.25) is 0 Å². The molecule has 0 aromatic carbocycles. The SMILES string of the molecule is Cc1onc(CN2CCOCC2)c1CCN. The van der Waals surface area contributed by atoms with E-state index in [-0.39, 0.29) is 0 Å². The van der Waals surface area contributed by atoms with E-state index in [0.717, 1.165) is 50.7 Å². The third-order valence-corrected chi connectivity index (χ3v) is 2.94. The van der Waals surface area contributed by atoms with Crippen LogP contribution in [0.1, 0.15) is 17.0 Å². The van der Waals surface area contributed by atoms with Crippen LogP contribution in [0.2, 0.25) is 0 Å². The minimum absolute atomic E-state index is 0.637. The molecule has 5 heteroatoms. The Balaban J connectivity index is 2.02. The first-order valence-corrected chi connectivity index (χ1v) is 5.75. The first kappa shape index (κ1) is 11.6. The monoisotopic (exact) mass is 225 g/mol. The van der Waals surface area contributed by atoms with E-state index in [0.29, 0.717) is 6.54 Å². The van der Waals surface area contributed by atoms with Crippen molar-refractivity contribution in [1.82, 2.24) is 10.1 Å². The Hall–Kier alpha value is -0.910. The molecule has 16 heavy (non-hydrogen) atoms. The molecule has 0 bridgehead atoms. The van der Waals surface area contributed by atoms with Crippen LogP contribution in [-0.4, -0.2) is 42.9 Å². The van der Waals surface area contributed by atoms with Gasteiger partial charge >= 0.3 is 0 Å². The molecular formula is C11H19N3O2. The number of aromatic nitrogens is 1. The summed E-state index contributed by atoms with van der Waals surface area (Å²) < 4.78 is 10.5. The van der Waals surface area contributed by atoms with E-state index in [9.17, 15) is 0 Å². The Morgan fingerprint density at radius 3 is 2.81 bits per heavy atom. The highest BCUT2D eigenvalue weighted by atomic mass is 16.5. The van der Waals surface area contributed by atoms with Gasteiger partial charge in [-0.15, -0.1) is 0 Å². The smallest absolute Gasteiger partial charge is 0.137 e. The van der Waals surface area contributed by atoms with Crippen molar-refractivity contribution in [2.24, 2.45) is 5.73 Å². The van der Waals surface area contributed by atoms with Gasteiger partial charge in [-0.3, -0.25) is 4.90 Å². The first-order valence-electron chi connectivity index (χ1n) is 5.75. The lowest BCUT2D eigenvalue weighted by molar-refractivity contribution is 0.0331. The largest absolute Gasteiger partial charge is 0.379 e. The molecule has 1 fully saturated rings. The topological polar surface area (TPSA) is 64.5 Å². The second-order valence-electron chi connectivity index (χ2n) is 4.09. The second-order valence-corrected chi connectivity index (χ2v) is 4.09. The minimum atomic E-state index is 0.637. The molecule has 90 valence electrons. The van der Waals surface area contributed by atoms with E-state index in [2.05, 4.69) is 10.1 Å². The van der Waals surface area contributed by atoms with Crippen LogP contribution < -0.4 is 5.73 Å². The third-order valence-electron chi connectivity index (χ3n) is 2.94. The number of nitrogens with two attached hydrogens (primary N) is 1. The number of hydrogen-bond acceptors (Lipinski definition) is 5. The molecule has 0 aliphatic carbocycles. The maximum atomic E-state index is 5.59. The molecule has 2 N–H and O–H groups in total. The predicted molar refractivity (Wildman–Crippen MR) is 60.1 cm³/mol. The van der Waals surface area contributed by atoms with Crippen molar-refractivity contribution in [2.75, 3.05) is 32.8 Å². The van der Waals surface area contributed by atoms with E-state index in [1.807, 2.05) is 6.92 Å². The first-order chi connectivity index (χ1) is 7.81. The average molecular weight is 225 g/mol. The molecule has 5 nitrogen and oxygen atoms in total. The van der Waals surface area contributed by atoms with Crippen LogP contribution in [0.15, 0.2) is 4.52 Å². The number of rotatable bonds is 4. The maximum Gasteiger partial charge on any atom is 0.137 e. The molecule has 0 amide bonds. The summed E-state index contributed by atoms with van der Waals surface area (Å²) in [6.07, 6.45) is 0.842. The Labute approximate surface area is 95.5 Å². The number of ether oxygens (including phenoxy) is 1. The lowest BCUT2D eigenvalue weighted by Gasteiger charge is -2.25. The quantitative estimate of drug-likeness (QED) is 0.799. The van der Waals surface area contributed by atoms with Crippen molar-refractivity contribution in [1.29, 1.82) is 0 Å². The molecule has 2 heterocycles. The van der Waals surface area contributed by atoms with Gasteiger partial charge in [0.15, 0.2) is 0 Å². The van der Waals surface area contributed by atoms with Crippen LogP contribution in [0.4, 0.5) is 0 Å². The number of nitrogens with zero attached hydrogens (tertiary/aromatic N) is 2. The zero-order chi connectivity index (χ0) is 11.4. The highest BCUT2D eigenvalue weighted by Crippen LogP contribution is 2.16. The van der Waals surface area contributed by atoms with Gasteiger partial charge in [-0.25, -0.2) is 0 Å². The third kappa shape index (κ3) is 2.61. The summed E-state index contributed by atoms with van der Waals surface area (Å²) in [5, 5.41) is 4.12.